The normalized spacial score (nSPS) is 13.7. The van der Waals surface area contributed by atoms with Gasteiger partial charge in [-0.05, 0) is 38.5 Å². The Morgan fingerprint density at radius 2 is 2.00 bits per heavy atom. The third-order valence-electron chi connectivity index (χ3n) is 2.41. The minimum Gasteiger partial charge on any atom is -0.496 e. The van der Waals surface area contributed by atoms with Gasteiger partial charge in [0.25, 0.3) is 0 Å². The molecule has 1 atom stereocenters. The monoisotopic (exact) mass is 211 g/mol. The van der Waals surface area contributed by atoms with E-state index in [2.05, 4.69) is 0 Å². The zero-order chi connectivity index (χ0) is 11.6. The third-order valence-corrected chi connectivity index (χ3v) is 2.41. The summed E-state index contributed by atoms with van der Waals surface area (Å²) in [4.78, 5) is 0. The second-order valence-electron chi connectivity index (χ2n) is 4.22. The summed E-state index contributed by atoms with van der Waals surface area (Å²) in [6.45, 7) is 4.91. The van der Waals surface area contributed by atoms with Crippen molar-refractivity contribution in [3.8, 4) is 5.75 Å². The van der Waals surface area contributed by atoms with E-state index < -0.39 is 5.67 Å². The Balaban J connectivity index is 3.22. The number of halogens is 1. The summed E-state index contributed by atoms with van der Waals surface area (Å²) in [5.41, 5.74) is 5.90. The van der Waals surface area contributed by atoms with Gasteiger partial charge in [-0.25, -0.2) is 4.39 Å². The van der Waals surface area contributed by atoms with E-state index in [4.69, 9.17) is 10.5 Å². The zero-order valence-corrected chi connectivity index (χ0v) is 9.67. The Bertz CT molecular complexity index is 342. The first-order valence-electron chi connectivity index (χ1n) is 4.99. The van der Waals surface area contributed by atoms with Gasteiger partial charge < -0.3 is 10.5 Å². The molecule has 0 saturated carbocycles. The summed E-state index contributed by atoms with van der Waals surface area (Å²) >= 11 is 0. The maximum atomic E-state index is 13.7. The van der Waals surface area contributed by atoms with Crippen LogP contribution < -0.4 is 10.5 Å². The lowest BCUT2D eigenvalue weighted by atomic mass is 9.95. The minimum atomic E-state index is -1.35. The van der Waals surface area contributed by atoms with Crippen LogP contribution in [0, 0.1) is 0 Å². The van der Waals surface area contributed by atoms with Crippen LogP contribution in [-0.4, -0.2) is 7.11 Å². The second kappa shape index (κ2) is 4.19. The number of rotatable bonds is 3. The van der Waals surface area contributed by atoms with Crippen LogP contribution in [0.4, 0.5) is 4.39 Å². The predicted molar refractivity (Wildman–Crippen MR) is 59.7 cm³/mol. The van der Waals surface area contributed by atoms with Crippen LogP contribution in [0.2, 0.25) is 0 Å². The highest BCUT2D eigenvalue weighted by molar-refractivity contribution is 5.40. The number of nitrogens with two attached hydrogens (primary N) is 1. The van der Waals surface area contributed by atoms with Gasteiger partial charge in [0.1, 0.15) is 11.4 Å². The van der Waals surface area contributed by atoms with Crippen LogP contribution in [-0.2, 0) is 5.67 Å². The molecule has 1 aromatic rings. The first kappa shape index (κ1) is 12.0. The summed E-state index contributed by atoms with van der Waals surface area (Å²) in [7, 11) is 1.58. The largest absolute Gasteiger partial charge is 0.496 e. The highest BCUT2D eigenvalue weighted by Gasteiger charge is 2.20. The summed E-state index contributed by atoms with van der Waals surface area (Å²) in [6, 6.07) is 5.09. The molecule has 0 fully saturated rings. The van der Waals surface area contributed by atoms with Crippen LogP contribution in [0.1, 0.15) is 37.9 Å². The van der Waals surface area contributed by atoms with E-state index in [1.165, 1.54) is 13.8 Å². The van der Waals surface area contributed by atoms with E-state index in [9.17, 15) is 4.39 Å². The summed E-state index contributed by atoms with van der Waals surface area (Å²) in [5.74, 6) is 0.706. The lowest BCUT2D eigenvalue weighted by Gasteiger charge is -2.19. The number of hydrogen-bond acceptors (Lipinski definition) is 2. The fourth-order valence-corrected chi connectivity index (χ4v) is 1.46. The number of hydrogen-bond donors (Lipinski definition) is 1. The summed E-state index contributed by atoms with van der Waals surface area (Å²) in [6.07, 6.45) is 0. The van der Waals surface area contributed by atoms with Gasteiger partial charge in [0.05, 0.1) is 7.11 Å². The van der Waals surface area contributed by atoms with Crippen LogP contribution in [0.15, 0.2) is 18.2 Å². The average Bonchev–Trinajstić information content (AvgIpc) is 2.15. The first-order valence-corrected chi connectivity index (χ1v) is 4.99. The van der Waals surface area contributed by atoms with Crippen molar-refractivity contribution in [2.24, 2.45) is 5.73 Å². The van der Waals surface area contributed by atoms with E-state index in [0.29, 0.717) is 11.3 Å². The van der Waals surface area contributed by atoms with E-state index in [1.807, 2.05) is 6.92 Å². The highest BCUT2D eigenvalue weighted by Crippen LogP contribution is 2.31. The van der Waals surface area contributed by atoms with Gasteiger partial charge in [0.15, 0.2) is 0 Å². The fourth-order valence-electron chi connectivity index (χ4n) is 1.46. The van der Waals surface area contributed by atoms with Gasteiger partial charge >= 0.3 is 0 Å². The standard InChI is InChI=1S/C12H18FNO/c1-8(14)10-7-9(12(2,3)13)5-6-11(10)15-4/h5-8H,14H2,1-4H3. The lowest BCUT2D eigenvalue weighted by Crippen LogP contribution is -2.13. The predicted octanol–water partition coefficient (Wildman–Crippen LogP) is 2.92. The molecule has 2 nitrogen and oxygen atoms in total. The van der Waals surface area contributed by atoms with E-state index in [1.54, 1.807) is 25.3 Å². The van der Waals surface area contributed by atoms with Crippen LogP contribution in [0.25, 0.3) is 0 Å². The van der Waals surface area contributed by atoms with Crippen LogP contribution >= 0.6 is 0 Å². The van der Waals surface area contributed by atoms with Crippen molar-refractivity contribution in [3.63, 3.8) is 0 Å². The molecule has 0 spiro atoms. The van der Waals surface area contributed by atoms with Gasteiger partial charge in [-0.1, -0.05) is 6.07 Å². The molecular formula is C12H18FNO. The zero-order valence-electron chi connectivity index (χ0n) is 9.67. The summed E-state index contributed by atoms with van der Waals surface area (Å²) in [5, 5.41) is 0. The molecule has 0 aromatic heterocycles. The van der Waals surface area contributed by atoms with Gasteiger partial charge in [0.2, 0.25) is 0 Å². The summed E-state index contributed by atoms with van der Waals surface area (Å²) < 4.78 is 18.9. The van der Waals surface area contributed by atoms with Crippen molar-refractivity contribution in [3.05, 3.63) is 29.3 Å². The number of benzene rings is 1. The average molecular weight is 211 g/mol. The first-order chi connectivity index (χ1) is 6.86. The molecule has 1 unspecified atom stereocenters. The van der Waals surface area contributed by atoms with Crippen molar-refractivity contribution < 1.29 is 9.13 Å². The van der Waals surface area contributed by atoms with E-state index >= 15 is 0 Å². The van der Waals surface area contributed by atoms with Gasteiger partial charge in [-0.2, -0.15) is 0 Å². The van der Waals surface area contributed by atoms with Crippen LogP contribution in [0.3, 0.4) is 0 Å². The van der Waals surface area contributed by atoms with E-state index in [0.717, 1.165) is 5.56 Å². The van der Waals surface area contributed by atoms with Crippen molar-refractivity contribution in [2.75, 3.05) is 7.11 Å². The molecule has 0 aliphatic carbocycles. The molecule has 0 aliphatic heterocycles. The Kier molecular flexibility index (Phi) is 3.35. The smallest absolute Gasteiger partial charge is 0.130 e. The van der Waals surface area contributed by atoms with Crippen molar-refractivity contribution in [1.82, 2.24) is 0 Å². The molecule has 0 amide bonds. The quantitative estimate of drug-likeness (QED) is 0.834. The number of ether oxygens (including phenoxy) is 1. The molecule has 2 N–H and O–H groups in total. The molecule has 0 heterocycles. The third kappa shape index (κ3) is 2.69. The van der Waals surface area contributed by atoms with Crippen molar-refractivity contribution in [2.45, 2.75) is 32.5 Å². The Hall–Kier alpha value is -1.09. The van der Waals surface area contributed by atoms with Gasteiger partial charge in [-0.3, -0.25) is 0 Å². The van der Waals surface area contributed by atoms with Gasteiger partial charge in [-0.15, -0.1) is 0 Å². The molecule has 3 heteroatoms. The molecule has 0 radical (unpaired) electrons. The Morgan fingerprint density at radius 1 is 1.40 bits per heavy atom. The number of alkyl halides is 1. The molecule has 0 saturated heterocycles. The maximum absolute atomic E-state index is 13.7. The highest BCUT2D eigenvalue weighted by atomic mass is 19.1. The Morgan fingerprint density at radius 3 is 2.40 bits per heavy atom. The van der Waals surface area contributed by atoms with Gasteiger partial charge in [0, 0.05) is 11.6 Å². The Labute approximate surface area is 90.2 Å². The fraction of sp³-hybridized carbons (Fsp3) is 0.500. The SMILES string of the molecule is COc1ccc(C(C)(C)F)cc1C(C)N. The lowest BCUT2D eigenvalue weighted by molar-refractivity contribution is 0.221. The molecule has 84 valence electrons. The molecule has 1 rings (SSSR count). The molecule has 0 bridgehead atoms. The molecule has 0 aliphatic rings. The topological polar surface area (TPSA) is 35.2 Å². The minimum absolute atomic E-state index is 0.165. The molecule has 15 heavy (non-hydrogen) atoms. The van der Waals surface area contributed by atoms with Crippen LogP contribution in [0.5, 0.6) is 5.75 Å². The number of methoxy groups -OCH3 is 1. The molecule has 1 aromatic carbocycles. The van der Waals surface area contributed by atoms with Crippen molar-refractivity contribution >= 4 is 0 Å². The maximum Gasteiger partial charge on any atom is 0.130 e. The van der Waals surface area contributed by atoms with Crippen molar-refractivity contribution in [1.29, 1.82) is 0 Å². The molecular weight excluding hydrogens is 193 g/mol. The van der Waals surface area contributed by atoms with E-state index in [-0.39, 0.29) is 6.04 Å². The second-order valence-corrected chi connectivity index (χ2v) is 4.22.